The molecule has 1 amide bonds. The molecule has 3 rings (SSSR count). The molecule has 0 radical (unpaired) electrons. The Balaban J connectivity index is 1.90. The van der Waals surface area contributed by atoms with E-state index in [2.05, 4.69) is 10.9 Å². The number of fused-ring (bicyclic) bond motifs is 1. The highest BCUT2D eigenvalue weighted by molar-refractivity contribution is 7.91. The molecule has 1 heterocycles. The predicted octanol–water partition coefficient (Wildman–Crippen LogP) is 3.20. The third kappa shape index (κ3) is 4.81. The lowest BCUT2D eigenvalue weighted by molar-refractivity contribution is -0.117. The highest BCUT2D eigenvalue weighted by Gasteiger charge is 2.12. The summed E-state index contributed by atoms with van der Waals surface area (Å²) in [7, 11) is -3.27. The minimum Gasteiger partial charge on any atom is -0.494 e. The van der Waals surface area contributed by atoms with Crippen LogP contribution < -0.4 is 9.54 Å². The molecule has 0 aliphatic rings. The summed E-state index contributed by atoms with van der Waals surface area (Å²) in [6.45, 7) is 4.37. The molecule has 30 heavy (non-hydrogen) atoms. The Bertz CT molecular complexity index is 1280. The van der Waals surface area contributed by atoms with Gasteiger partial charge in [-0.05, 0) is 42.8 Å². The fourth-order valence-corrected chi connectivity index (χ4v) is 4.90. The minimum absolute atomic E-state index is 0.0345. The molecule has 0 fully saturated rings. The third-order valence-electron chi connectivity index (χ3n) is 4.45. The van der Waals surface area contributed by atoms with Crippen LogP contribution in [0.15, 0.2) is 52.4 Å². The van der Waals surface area contributed by atoms with Crippen molar-refractivity contribution in [3.05, 3.63) is 52.8 Å². The largest absolute Gasteiger partial charge is 0.494 e. The molecule has 1 aromatic heterocycles. The fourth-order valence-electron chi connectivity index (χ4n) is 2.94. The molecular weight excluding hydrogens is 420 g/mol. The van der Waals surface area contributed by atoms with Crippen LogP contribution in [0.25, 0.3) is 10.2 Å². The van der Waals surface area contributed by atoms with Gasteiger partial charge in [0.1, 0.15) is 5.75 Å². The number of sulfone groups is 1. The highest BCUT2D eigenvalue weighted by atomic mass is 32.2. The first-order valence-corrected chi connectivity index (χ1v) is 11.9. The number of nitrogens with zero attached hydrogens (tertiary/aromatic N) is 2. The number of hydrogen-bond donors (Lipinski definition) is 0. The predicted molar refractivity (Wildman–Crippen MR) is 118 cm³/mol. The minimum atomic E-state index is -3.27. The Labute approximate surface area is 179 Å². The Kier molecular flexibility index (Phi) is 6.75. The molecule has 0 spiro atoms. The van der Waals surface area contributed by atoms with E-state index < -0.39 is 9.84 Å². The third-order valence-corrected chi connectivity index (χ3v) is 7.24. The molecule has 8 heteroatoms. The van der Waals surface area contributed by atoms with E-state index in [9.17, 15) is 13.2 Å². The molecule has 0 bridgehead atoms. The van der Waals surface area contributed by atoms with Crippen LogP contribution in [-0.2, 0) is 27.6 Å². The van der Waals surface area contributed by atoms with Gasteiger partial charge < -0.3 is 9.30 Å². The SMILES string of the molecule is C#CCn1c(=NC(=O)Cc2ccc(S(=O)(=O)CC)cc2)sc2cc(OCC)ccc21. The summed E-state index contributed by atoms with van der Waals surface area (Å²) >= 11 is 1.37. The molecule has 0 atom stereocenters. The van der Waals surface area contributed by atoms with Gasteiger partial charge in [0.05, 0.1) is 40.4 Å². The maximum Gasteiger partial charge on any atom is 0.252 e. The second-order valence-corrected chi connectivity index (χ2v) is 9.75. The molecule has 156 valence electrons. The lowest BCUT2D eigenvalue weighted by Gasteiger charge is -2.04. The van der Waals surface area contributed by atoms with Gasteiger partial charge in [-0.15, -0.1) is 6.42 Å². The number of carbonyl (C=O) groups is 1. The van der Waals surface area contributed by atoms with Crippen molar-refractivity contribution >= 4 is 37.3 Å². The quantitative estimate of drug-likeness (QED) is 0.527. The number of thiazole rings is 1. The number of aromatic nitrogens is 1. The van der Waals surface area contributed by atoms with Crippen molar-refractivity contribution in [3.63, 3.8) is 0 Å². The molecule has 3 aromatic rings. The molecule has 0 aliphatic carbocycles. The maximum absolute atomic E-state index is 12.6. The van der Waals surface area contributed by atoms with E-state index in [1.165, 1.54) is 23.5 Å². The number of terminal acetylenes is 1. The summed E-state index contributed by atoms with van der Waals surface area (Å²) in [5, 5.41) is 0. The molecule has 6 nitrogen and oxygen atoms in total. The number of amides is 1. The summed E-state index contributed by atoms with van der Waals surface area (Å²) in [5.41, 5.74) is 1.59. The first kappa shape index (κ1) is 21.8. The highest BCUT2D eigenvalue weighted by Crippen LogP contribution is 2.23. The van der Waals surface area contributed by atoms with Crippen molar-refractivity contribution < 1.29 is 17.9 Å². The van der Waals surface area contributed by atoms with E-state index in [1.54, 1.807) is 19.1 Å². The van der Waals surface area contributed by atoms with Crippen molar-refractivity contribution in [3.8, 4) is 18.1 Å². The topological polar surface area (TPSA) is 77.7 Å². The molecule has 0 N–H and O–H groups in total. The van der Waals surface area contributed by atoms with Gasteiger partial charge in [-0.1, -0.05) is 36.3 Å². The van der Waals surface area contributed by atoms with E-state index >= 15 is 0 Å². The number of hydrogen-bond acceptors (Lipinski definition) is 5. The zero-order valence-electron chi connectivity index (χ0n) is 16.8. The molecule has 2 aromatic carbocycles. The van der Waals surface area contributed by atoms with Crippen molar-refractivity contribution in [2.24, 2.45) is 4.99 Å². The van der Waals surface area contributed by atoms with Gasteiger partial charge in [0.15, 0.2) is 14.6 Å². The van der Waals surface area contributed by atoms with E-state index in [0.29, 0.717) is 23.5 Å². The second kappa shape index (κ2) is 9.28. The number of ether oxygens (including phenoxy) is 1. The van der Waals surface area contributed by atoms with Crippen LogP contribution >= 0.6 is 11.3 Å². The standard InChI is InChI=1S/C22H22N2O4S2/c1-4-13-24-19-12-9-17(28-5-2)15-20(19)29-22(24)23-21(25)14-16-7-10-18(11-8-16)30(26,27)6-3/h1,7-12,15H,5-6,13-14H2,2-3H3. The maximum atomic E-state index is 12.6. The molecule has 0 saturated carbocycles. The van der Waals surface area contributed by atoms with Crippen LogP contribution in [0.2, 0.25) is 0 Å². The zero-order valence-corrected chi connectivity index (χ0v) is 18.4. The lowest BCUT2D eigenvalue weighted by atomic mass is 10.1. The first-order chi connectivity index (χ1) is 14.4. The Morgan fingerprint density at radius 2 is 1.93 bits per heavy atom. The van der Waals surface area contributed by atoms with Crippen LogP contribution in [0.5, 0.6) is 5.75 Å². The Morgan fingerprint density at radius 1 is 1.20 bits per heavy atom. The molecule has 0 aliphatic heterocycles. The first-order valence-electron chi connectivity index (χ1n) is 9.46. The monoisotopic (exact) mass is 442 g/mol. The Morgan fingerprint density at radius 3 is 2.57 bits per heavy atom. The van der Waals surface area contributed by atoms with E-state index in [0.717, 1.165) is 16.0 Å². The summed E-state index contributed by atoms with van der Waals surface area (Å²) in [5.74, 6) is 3.05. The Hall–Kier alpha value is -2.89. The van der Waals surface area contributed by atoms with Crippen LogP contribution in [0.3, 0.4) is 0 Å². The summed E-state index contributed by atoms with van der Waals surface area (Å²) in [6, 6.07) is 12.0. The zero-order chi connectivity index (χ0) is 21.7. The van der Waals surface area contributed by atoms with E-state index in [1.807, 2.05) is 29.7 Å². The number of benzene rings is 2. The average Bonchev–Trinajstić information content (AvgIpc) is 3.05. The van der Waals surface area contributed by atoms with Gasteiger partial charge in [0.25, 0.3) is 5.91 Å². The molecular formula is C22H22N2O4S2. The summed E-state index contributed by atoms with van der Waals surface area (Å²) < 4.78 is 32.1. The molecule has 0 saturated heterocycles. The van der Waals surface area contributed by atoms with Crippen molar-refractivity contribution in [1.82, 2.24) is 4.57 Å². The fraction of sp³-hybridized carbons (Fsp3) is 0.273. The summed E-state index contributed by atoms with van der Waals surface area (Å²) in [4.78, 5) is 17.6. The van der Waals surface area contributed by atoms with E-state index in [-0.39, 0.29) is 23.0 Å². The van der Waals surface area contributed by atoms with Crippen molar-refractivity contribution in [2.45, 2.75) is 31.7 Å². The lowest BCUT2D eigenvalue weighted by Crippen LogP contribution is -2.17. The van der Waals surface area contributed by atoms with Gasteiger partial charge in [-0.25, -0.2) is 8.42 Å². The van der Waals surface area contributed by atoms with Gasteiger partial charge in [0, 0.05) is 0 Å². The van der Waals surface area contributed by atoms with Crippen LogP contribution in [0.4, 0.5) is 0 Å². The van der Waals surface area contributed by atoms with E-state index in [4.69, 9.17) is 11.2 Å². The number of carbonyl (C=O) groups excluding carboxylic acids is 1. The smallest absolute Gasteiger partial charge is 0.252 e. The molecule has 0 unspecified atom stereocenters. The normalized spacial score (nSPS) is 12.1. The van der Waals surface area contributed by atoms with Crippen LogP contribution in [-0.4, -0.2) is 31.3 Å². The summed E-state index contributed by atoms with van der Waals surface area (Å²) in [6.07, 6.45) is 5.58. The average molecular weight is 443 g/mol. The van der Waals surface area contributed by atoms with Crippen LogP contribution in [0.1, 0.15) is 19.4 Å². The van der Waals surface area contributed by atoms with Crippen molar-refractivity contribution in [1.29, 1.82) is 0 Å². The second-order valence-electron chi connectivity index (χ2n) is 6.47. The van der Waals surface area contributed by atoms with Gasteiger partial charge in [-0.2, -0.15) is 4.99 Å². The van der Waals surface area contributed by atoms with Gasteiger partial charge in [0.2, 0.25) is 0 Å². The van der Waals surface area contributed by atoms with Gasteiger partial charge in [-0.3, -0.25) is 4.79 Å². The van der Waals surface area contributed by atoms with Gasteiger partial charge >= 0.3 is 0 Å². The van der Waals surface area contributed by atoms with Crippen LogP contribution in [0, 0.1) is 12.3 Å². The number of rotatable bonds is 7. The van der Waals surface area contributed by atoms with Crippen molar-refractivity contribution in [2.75, 3.05) is 12.4 Å².